The summed E-state index contributed by atoms with van der Waals surface area (Å²) in [6.07, 6.45) is 3.45. The van der Waals surface area contributed by atoms with Gasteiger partial charge >= 0.3 is 0 Å². The molecule has 162 valence electrons. The highest BCUT2D eigenvalue weighted by molar-refractivity contribution is 8.00. The van der Waals surface area contributed by atoms with Gasteiger partial charge in [0.05, 0.1) is 18.0 Å². The van der Waals surface area contributed by atoms with Crippen LogP contribution in [0.2, 0.25) is 0 Å². The molecule has 0 bridgehead atoms. The van der Waals surface area contributed by atoms with Crippen molar-refractivity contribution in [2.75, 3.05) is 7.11 Å². The van der Waals surface area contributed by atoms with Crippen LogP contribution in [0, 0.1) is 0 Å². The normalized spacial score (nSPS) is 11.7. The molecule has 0 saturated heterocycles. The first kappa shape index (κ1) is 21.6. The SMILES string of the molecule is COc1ccccc1-n1c(SC(C)C(=O)NCc2ccccc2)nnc1-c1cccnc1. The Morgan fingerprint density at radius 2 is 1.84 bits per heavy atom. The number of nitrogens with zero attached hydrogens (tertiary/aromatic N) is 4. The Morgan fingerprint density at radius 3 is 2.59 bits per heavy atom. The van der Waals surface area contributed by atoms with Crippen LogP contribution in [0.25, 0.3) is 17.1 Å². The smallest absolute Gasteiger partial charge is 0.233 e. The number of carbonyl (C=O) groups excluding carboxylic acids is 1. The molecule has 2 aromatic carbocycles. The first-order valence-corrected chi connectivity index (χ1v) is 11.0. The van der Waals surface area contributed by atoms with E-state index < -0.39 is 0 Å². The summed E-state index contributed by atoms with van der Waals surface area (Å²) in [4.78, 5) is 17.0. The summed E-state index contributed by atoms with van der Waals surface area (Å²) >= 11 is 1.34. The summed E-state index contributed by atoms with van der Waals surface area (Å²) in [5.74, 6) is 1.24. The largest absolute Gasteiger partial charge is 0.495 e. The fourth-order valence-electron chi connectivity index (χ4n) is 3.20. The summed E-state index contributed by atoms with van der Waals surface area (Å²) in [5.41, 5.74) is 2.66. The van der Waals surface area contributed by atoms with Gasteiger partial charge in [0.25, 0.3) is 0 Å². The molecule has 4 aromatic rings. The Labute approximate surface area is 190 Å². The highest BCUT2D eigenvalue weighted by Gasteiger charge is 2.23. The van der Waals surface area contributed by atoms with Crippen LogP contribution in [0.5, 0.6) is 5.75 Å². The van der Waals surface area contributed by atoms with Gasteiger partial charge in [0.2, 0.25) is 5.91 Å². The number of nitrogens with one attached hydrogen (secondary N) is 1. The van der Waals surface area contributed by atoms with E-state index in [4.69, 9.17) is 4.74 Å². The number of rotatable bonds is 8. The fraction of sp³-hybridized carbons (Fsp3) is 0.167. The van der Waals surface area contributed by atoms with E-state index in [0.29, 0.717) is 23.3 Å². The maximum Gasteiger partial charge on any atom is 0.233 e. The average Bonchev–Trinajstić information content (AvgIpc) is 3.26. The van der Waals surface area contributed by atoms with E-state index in [0.717, 1.165) is 16.8 Å². The zero-order valence-electron chi connectivity index (χ0n) is 17.8. The lowest BCUT2D eigenvalue weighted by Gasteiger charge is -2.16. The van der Waals surface area contributed by atoms with Crippen LogP contribution in [0.15, 0.2) is 84.3 Å². The van der Waals surface area contributed by atoms with Gasteiger partial charge in [-0.3, -0.25) is 14.3 Å². The molecule has 4 rings (SSSR count). The molecule has 1 unspecified atom stereocenters. The van der Waals surface area contributed by atoms with Crippen molar-refractivity contribution in [3.05, 3.63) is 84.7 Å². The molecule has 0 radical (unpaired) electrons. The van der Waals surface area contributed by atoms with E-state index in [-0.39, 0.29) is 11.2 Å². The molecule has 0 spiro atoms. The van der Waals surface area contributed by atoms with Crippen molar-refractivity contribution in [1.29, 1.82) is 0 Å². The van der Waals surface area contributed by atoms with Gasteiger partial charge < -0.3 is 10.1 Å². The lowest BCUT2D eigenvalue weighted by molar-refractivity contribution is -0.120. The number of hydrogen-bond acceptors (Lipinski definition) is 6. The van der Waals surface area contributed by atoms with Gasteiger partial charge in [0, 0.05) is 24.5 Å². The molecular formula is C24H23N5O2S. The van der Waals surface area contributed by atoms with Crippen LogP contribution >= 0.6 is 11.8 Å². The van der Waals surface area contributed by atoms with E-state index in [2.05, 4.69) is 20.5 Å². The first-order chi connectivity index (χ1) is 15.7. The zero-order chi connectivity index (χ0) is 22.3. The van der Waals surface area contributed by atoms with Gasteiger partial charge in [-0.2, -0.15) is 0 Å². The second-order valence-corrected chi connectivity index (χ2v) is 8.33. The zero-order valence-corrected chi connectivity index (χ0v) is 18.6. The highest BCUT2D eigenvalue weighted by Crippen LogP contribution is 2.33. The minimum absolute atomic E-state index is 0.0728. The number of aromatic nitrogens is 4. The highest BCUT2D eigenvalue weighted by atomic mass is 32.2. The van der Waals surface area contributed by atoms with E-state index in [1.165, 1.54) is 11.8 Å². The van der Waals surface area contributed by atoms with Crippen LogP contribution in [-0.4, -0.2) is 38.0 Å². The Balaban J connectivity index is 1.62. The maximum absolute atomic E-state index is 12.7. The van der Waals surface area contributed by atoms with Gasteiger partial charge in [-0.15, -0.1) is 10.2 Å². The molecule has 32 heavy (non-hydrogen) atoms. The van der Waals surface area contributed by atoms with E-state index in [1.54, 1.807) is 19.5 Å². The van der Waals surface area contributed by atoms with E-state index in [1.807, 2.05) is 78.2 Å². The van der Waals surface area contributed by atoms with Crippen molar-refractivity contribution in [2.24, 2.45) is 0 Å². The number of carbonyl (C=O) groups is 1. The minimum Gasteiger partial charge on any atom is -0.495 e. The van der Waals surface area contributed by atoms with Gasteiger partial charge in [-0.05, 0) is 36.8 Å². The van der Waals surface area contributed by atoms with E-state index >= 15 is 0 Å². The number of ether oxygens (including phenoxy) is 1. The van der Waals surface area contributed by atoms with Crippen LogP contribution < -0.4 is 10.1 Å². The molecule has 0 aliphatic carbocycles. The Bertz CT molecular complexity index is 1180. The molecular weight excluding hydrogens is 422 g/mol. The molecule has 0 aliphatic heterocycles. The average molecular weight is 446 g/mol. The third-order valence-corrected chi connectivity index (χ3v) is 5.88. The molecule has 2 heterocycles. The molecule has 7 nitrogen and oxygen atoms in total. The van der Waals surface area contributed by atoms with Crippen molar-refractivity contribution in [3.8, 4) is 22.8 Å². The predicted octanol–water partition coefficient (Wildman–Crippen LogP) is 4.13. The van der Waals surface area contributed by atoms with Crippen molar-refractivity contribution in [2.45, 2.75) is 23.9 Å². The molecule has 1 N–H and O–H groups in total. The van der Waals surface area contributed by atoms with Crippen LogP contribution in [-0.2, 0) is 11.3 Å². The summed E-state index contributed by atoms with van der Waals surface area (Å²) in [6, 6.07) is 21.2. The number of para-hydroxylation sites is 2. The molecule has 0 saturated carbocycles. The van der Waals surface area contributed by atoms with Crippen molar-refractivity contribution < 1.29 is 9.53 Å². The van der Waals surface area contributed by atoms with Gasteiger partial charge in [0.15, 0.2) is 11.0 Å². The molecule has 0 aliphatic rings. The number of methoxy groups -OCH3 is 1. The monoisotopic (exact) mass is 445 g/mol. The molecule has 8 heteroatoms. The maximum atomic E-state index is 12.7. The Kier molecular flexibility index (Phi) is 6.81. The summed E-state index contributed by atoms with van der Waals surface area (Å²) < 4.78 is 7.48. The number of benzene rings is 2. The second-order valence-electron chi connectivity index (χ2n) is 7.02. The molecule has 0 fully saturated rings. The summed E-state index contributed by atoms with van der Waals surface area (Å²) in [5, 5.41) is 12.0. The third-order valence-electron chi connectivity index (χ3n) is 4.84. The number of amides is 1. The first-order valence-electron chi connectivity index (χ1n) is 10.1. The molecule has 1 amide bonds. The van der Waals surface area contributed by atoms with Crippen molar-refractivity contribution in [3.63, 3.8) is 0 Å². The van der Waals surface area contributed by atoms with Crippen molar-refractivity contribution >= 4 is 17.7 Å². The summed E-state index contributed by atoms with van der Waals surface area (Å²) in [7, 11) is 1.62. The van der Waals surface area contributed by atoms with E-state index in [9.17, 15) is 4.79 Å². The number of pyridine rings is 1. The lowest BCUT2D eigenvalue weighted by Crippen LogP contribution is -2.30. The van der Waals surface area contributed by atoms with Gasteiger partial charge in [-0.25, -0.2) is 0 Å². The minimum atomic E-state index is -0.377. The molecule has 1 atom stereocenters. The number of thioether (sulfide) groups is 1. The quantitative estimate of drug-likeness (QED) is 0.411. The molecule has 2 aromatic heterocycles. The fourth-order valence-corrected chi connectivity index (χ4v) is 4.09. The van der Waals surface area contributed by atoms with Crippen molar-refractivity contribution in [1.82, 2.24) is 25.1 Å². The second kappa shape index (κ2) is 10.1. The lowest BCUT2D eigenvalue weighted by atomic mass is 10.2. The Morgan fingerprint density at radius 1 is 1.06 bits per heavy atom. The topological polar surface area (TPSA) is 81.9 Å². The standard InChI is InChI=1S/C24H23N5O2S/c1-17(23(30)26-15-18-9-4-3-5-10-18)32-24-28-27-22(19-11-8-14-25-16-19)29(24)20-12-6-7-13-21(20)31-2/h3-14,16-17H,15H2,1-2H3,(H,26,30). The van der Waals surface area contributed by atoms with Crippen LogP contribution in [0.1, 0.15) is 12.5 Å². The predicted molar refractivity (Wildman–Crippen MR) is 125 cm³/mol. The number of hydrogen-bond donors (Lipinski definition) is 1. The summed E-state index contributed by atoms with van der Waals surface area (Å²) in [6.45, 7) is 2.33. The van der Waals surface area contributed by atoms with Crippen LogP contribution in [0.3, 0.4) is 0 Å². The third kappa shape index (κ3) is 4.81. The van der Waals surface area contributed by atoms with Crippen LogP contribution in [0.4, 0.5) is 0 Å². The van der Waals surface area contributed by atoms with Gasteiger partial charge in [-0.1, -0.05) is 54.2 Å². The van der Waals surface area contributed by atoms with Gasteiger partial charge in [0.1, 0.15) is 5.75 Å². The Hall–Kier alpha value is -3.65.